The Hall–Kier alpha value is -1.29. The van der Waals surface area contributed by atoms with Crippen molar-refractivity contribution in [2.75, 3.05) is 19.6 Å². The van der Waals surface area contributed by atoms with Crippen molar-refractivity contribution in [2.45, 2.75) is 58.0 Å². The number of nitrogens with zero attached hydrogens (tertiary/aromatic N) is 2. The lowest BCUT2D eigenvalue weighted by Crippen LogP contribution is -2.45. The summed E-state index contributed by atoms with van der Waals surface area (Å²) >= 11 is 0. The first-order valence-corrected chi connectivity index (χ1v) is 8.35. The summed E-state index contributed by atoms with van der Waals surface area (Å²) in [6.45, 7) is 6.19. The number of hydrogen-bond acceptors (Lipinski definition) is 3. The van der Waals surface area contributed by atoms with Gasteiger partial charge in [0.1, 0.15) is 11.5 Å². The number of furan rings is 1. The summed E-state index contributed by atoms with van der Waals surface area (Å²) in [7, 11) is 0. The molecule has 1 amide bonds. The molecule has 4 heteroatoms. The fourth-order valence-corrected chi connectivity index (χ4v) is 3.55. The van der Waals surface area contributed by atoms with Crippen LogP contribution in [-0.4, -0.2) is 41.4 Å². The van der Waals surface area contributed by atoms with Gasteiger partial charge in [0.15, 0.2) is 0 Å². The van der Waals surface area contributed by atoms with Crippen molar-refractivity contribution < 1.29 is 9.21 Å². The topological polar surface area (TPSA) is 36.7 Å². The van der Waals surface area contributed by atoms with E-state index in [-0.39, 0.29) is 0 Å². The zero-order valence-corrected chi connectivity index (χ0v) is 13.0. The Morgan fingerprint density at radius 2 is 1.95 bits per heavy atom. The van der Waals surface area contributed by atoms with Gasteiger partial charge in [-0.15, -0.1) is 0 Å². The van der Waals surface area contributed by atoms with Gasteiger partial charge in [-0.2, -0.15) is 0 Å². The van der Waals surface area contributed by atoms with E-state index in [1.165, 1.54) is 0 Å². The maximum absolute atomic E-state index is 11.8. The molecule has 0 aromatic carbocycles. The number of likely N-dealkylation sites (tertiary alicyclic amines) is 2. The van der Waals surface area contributed by atoms with E-state index in [0.717, 1.165) is 76.2 Å². The molecule has 0 spiro atoms. The second-order valence-corrected chi connectivity index (χ2v) is 6.32. The number of hydrogen-bond donors (Lipinski definition) is 0. The summed E-state index contributed by atoms with van der Waals surface area (Å²) in [6.07, 6.45) is 6.17. The minimum Gasteiger partial charge on any atom is -0.465 e. The van der Waals surface area contributed by atoms with E-state index in [4.69, 9.17) is 4.42 Å². The molecule has 2 fully saturated rings. The van der Waals surface area contributed by atoms with Crippen LogP contribution in [0.3, 0.4) is 0 Å². The molecule has 3 rings (SSSR count). The molecule has 0 N–H and O–H groups in total. The van der Waals surface area contributed by atoms with Crippen LogP contribution in [0, 0.1) is 0 Å². The quantitative estimate of drug-likeness (QED) is 0.836. The Balaban J connectivity index is 1.48. The number of aryl methyl sites for hydroxylation is 1. The number of amides is 1. The maximum Gasteiger partial charge on any atom is 0.222 e. The van der Waals surface area contributed by atoms with Crippen molar-refractivity contribution in [3.63, 3.8) is 0 Å². The van der Waals surface area contributed by atoms with E-state index in [2.05, 4.69) is 28.9 Å². The lowest BCUT2D eigenvalue weighted by Gasteiger charge is -2.36. The third kappa shape index (κ3) is 3.49. The molecule has 0 saturated carbocycles. The molecule has 2 saturated heterocycles. The predicted molar refractivity (Wildman–Crippen MR) is 81.9 cm³/mol. The van der Waals surface area contributed by atoms with E-state index in [1.54, 1.807) is 0 Å². The molecule has 0 aliphatic carbocycles. The second kappa shape index (κ2) is 6.65. The van der Waals surface area contributed by atoms with Gasteiger partial charge in [0.2, 0.25) is 5.91 Å². The Morgan fingerprint density at radius 1 is 1.19 bits per heavy atom. The lowest BCUT2D eigenvalue weighted by molar-refractivity contribution is -0.130. The van der Waals surface area contributed by atoms with Gasteiger partial charge in [-0.1, -0.05) is 6.92 Å². The van der Waals surface area contributed by atoms with Gasteiger partial charge in [-0.25, -0.2) is 0 Å². The number of piperidine rings is 1. The summed E-state index contributed by atoms with van der Waals surface area (Å²) in [5.74, 6) is 2.54. The average molecular weight is 290 g/mol. The van der Waals surface area contributed by atoms with E-state index in [0.29, 0.717) is 11.9 Å². The summed E-state index contributed by atoms with van der Waals surface area (Å²) in [6, 6.07) is 4.69. The van der Waals surface area contributed by atoms with Gasteiger partial charge in [0.05, 0.1) is 6.54 Å². The van der Waals surface area contributed by atoms with Crippen LogP contribution in [-0.2, 0) is 17.8 Å². The Labute approximate surface area is 127 Å². The molecular weight excluding hydrogens is 264 g/mol. The molecule has 1 aromatic rings. The Bertz CT molecular complexity index is 475. The standard InChI is InChI=1S/C17H26N2O2/c1-2-4-15-6-7-16(21-15)13-18-11-8-14(9-12-18)19-10-3-5-17(19)20/h6-7,14H,2-5,8-13H2,1H3. The van der Waals surface area contributed by atoms with Crippen molar-refractivity contribution in [1.29, 1.82) is 0 Å². The number of rotatable bonds is 5. The highest BCUT2D eigenvalue weighted by atomic mass is 16.3. The van der Waals surface area contributed by atoms with Crippen molar-refractivity contribution >= 4 is 5.91 Å². The van der Waals surface area contributed by atoms with Gasteiger partial charge >= 0.3 is 0 Å². The molecule has 0 unspecified atom stereocenters. The molecule has 116 valence electrons. The molecule has 2 aliphatic rings. The molecular formula is C17H26N2O2. The summed E-state index contributed by atoms with van der Waals surface area (Å²) < 4.78 is 5.86. The minimum atomic E-state index is 0.365. The molecule has 1 aromatic heterocycles. The van der Waals surface area contributed by atoms with Gasteiger partial charge < -0.3 is 9.32 Å². The first kappa shape index (κ1) is 14.6. The smallest absolute Gasteiger partial charge is 0.222 e. The van der Waals surface area contributed by atoms with Crippen molar-refractivity contribution in [2.24, 2.45) is 0 Å². The fraction of sp³-hybridized carbons (Fsp3) is 0.706. The highest BCUT2D eigenvalue weighted by Crippen LogP contribution is 2.23. The van der Waals surface area contributed by atoms with Gasteiger partial charge in [0.25, 0.3) is 0 Å². The maximum atomic E-state index is 11.8. The van der Waals surface area contributed by atoms with E-state index in [1.807, 2.05) is 0 Å². The molecule has 4 nitrogen and oxygen atoms in total. The van der Waals surface area contributed by atoms with Crippen LogP contribution in [0.2, 0.25) is 0 Å². The third-order valence-electron chi connectivity index (χ3n) is 4.70. The first-order valence-electron chi connectivity index (χ1n) is 8.35. The molecule has 2 aliphatic heterocycles. The molecule has 3 heterocycles. The van der Waals surface area contributed by atoms with Gasteiger partial charge in [-0.05, 0) is 37.8 Å². The zero-order valence-electron chi connectivity index (χ0n) is 13.0. The summed E-state index contributed by atoms with van der Waals surface area (Å²) in [5.41, 5.74) is 0. The zero-order chi connectivity index (χ0) is 14.7. The Morgan fingerprint density at radius 3 is 2.62 bits per heavy atom. The fourth-order valence-electron chi connectivity index (χ4n) is 3.55. The Kier molecular flexibility index (Phi) is 4.63. The summed E-state index contributed by atoms with van der Waals surface area (Å²) in [5, 5.41) is 0. The predicted octanol–water partition coefficient (Wildman–Crippen LogP) is 2.82. The lowest BCUT2D eigenvalue weighted by atomic mass is 10.0. The van der Waals surface area contributed by atoms with E-state index >= 15 is 0 Å². The largest absolute Gasteiger partial charge is 0.465 e. The van der Waals surface area contributed by atoms with E-state index < -0.39 is 0 Å². The number of carbonyl (C=O) groups excluding carboxylic acids is 1. The SMILES string of the molecule is CCCc1ccc(CN2CCC(N3CCCC3=O)CC2)o1. The van der Waals surface area contributed by atoms with Crippen LogP contribution >= 0.6 is 0 Å². The monoisotopic (exact) mass is 290 g/mol. The van der Waals surface area contributed by atoms with Crippen LogP contribution in [0.4, 0.5) is 0 Å². The highest BCUT2D eigenvalue weighted by molar-refractivity contribution is 5.78. The van der Waals surface area contributed by atoms with Crippen LogP contribution < -0.4 is 0 Å². The second-order valence-electron chi connectivity index (χ2n) is 6.32. The van der Waals surface area contributed by atoms with E-state index in [9.17, 15) is 4.79 Å². The van der Waals surface area contributed by atoms with Crippen LogP contribution in [0.5, 0.6) is 0 Å². The third-order valence-corrected chi connectivity index (χ3v) is 4.70. The first-order chi connectivity index (χ1) is 10.3. The molecule has 0 bridgehead atoms. The van der Waals surface area contributed by atoms with Crippen molar-refractivity contribution in [1.82, 2.24) is 9.80 Å². The minimum absolute atomic E-state index is 0.365. The highest BCUT2D eigenvalue weighted by Gasteiger charge is 2.30. The number of carbonyl (C=O) groups is 1. The van der Waals surface area contributed by atoms with Gasteiger partial charge in [-0.3, -0.25) is 9.69 Å². The van der Waals surface area contributed by atoms with Crippen LogP contribution in [0.25, 0.3) is 0 Å². The summed E-state index contributed by atoms with van der Waals surface area (Å²) in [4.78, 5) is 16.4. The molecule has 21 heavy (non-hydrogen) atoms. The average Bonchev–Trinajstić information content (AvgIpc) is 3.10. The normalized spacial score (nSPS) is 21.4. The molecule has 0 atom stereocenters. The molecule has 0 radical (unpaired) electrons. The van der Waals surface area contributed by atoms with Crippen molar-refractivity contribution in [3.8, 4) is 0 Å². The van der Waals surface area contributed by atoms with Crippen molar-refractivity contribution in [3.05, 3.63) is 23.7 Å². The van der Waals surface area contributed by atoms with Gasteiger partial charge in [0, 0.05) is 38.5 Å². The van der Waals surface area contributed by atoms with Crippen LogP contribution in [0.15, 0.2) is 16.5 Å². The van der Waals surface area contributed by atoms with Crippen LogP contribution in [0.1, 0.15) is 50.5 Å².